The van der Waals surface area contributed by atoms with Crippen molar-refractivity contribution in [1.29, 1.82) is 0 Å². The van der Waals surface area contributed by atoms with Crippen LogP contribution in [0, 0.1) is 0 Å². The highest BCUT2D eigenvalue weighted by atomic mass is 16.6. The van der Waals surface area contributed by atoms with E-state index in [0.29, 0.717) is 43.9 Å². The summed E-state index contributed by atoms with van der Waals surface area (Å²) in [7, 11) is 0. The van der Waals surface area contributed by atoms with Gasteiger partial charge in [-0.2, -0.15) is 0 Å². The Kier molecular flexibility index (Phi) is 3.72. The highest BCUT2D eigenvalue weighted by Gasteiger charge is 2.19. The molecular formula is C12H13NO4. The quantitative estimate of drug-likeness (QED) is 0.726. The molecule has 1 aliphatic rings. The molecule has 2 rings (SSSR count). The average molecular weight is 235 g/mol. The molecule has 1 saturated heterocycles. The van der Waals surface area contributed by atoms with Crippen LogP contribution in [0.4, 0.5) is 4.79 Å². The zero-order valence-corrected chi connectivity index (χ0v) is 9.30. The van der Waals surface area contributed by atoms with Crippen molar-refractivity contribution in [3.8, 4) is 5.75 Å². The van der Waals surface area contributed by atoms with Gasteiger partial charge >= 0.3 is 6.09 Å². The van der Waals surface area contributed by atoms with Crippen molar-refractivity contribution < 1.29 is 19.1 Å². The third-order valence-electron chi connectivity index (χ3n) is 2.51. The molecular weight excluding hydrogens is 222 g/mol. The maximum absolute atomic E-state index is 11.8. The van der Waals surface area contributed by atoms with Gasteiger partial charge in [-0.15, -0.1) is 0 Å². The Morgan fingerprint density at radius 1 is 1.29 bits per heavy atom. The van der Waals surface area contributed by atoms with E-state index < -0.39 is 6.09 Å². The zero-order valence-electron chi connectivity index (χ0n) is 9.30. The molecule has 0 aliphatic carbocycles. The predicted octanol–water partition coefficient (Wildman–Crippen LogP) is 1.33. The van der Waals surface area contributed by atoms with Gasteiger partial charge in [0.15, 0.2) is 6.29 Å². The van der Waals surface area contributed by atoms with Gasteiger partial charge in [-0.25, -0.2) is 4.79 Å². The van der Waals surface area contributed by atoms with Crippen LogP contribution in [0.2, 0.25) is 0 Å². The lowest BCUT2D eigenvalue weighted by Crippen LogP contribution is -2.42. The third kappa shape index (κ3) is 2.82. The van der Waals surface area contributed by atoms with Crippen LogP contribution >= 0.6 is 0 Å². The van der Waals surface area contributed by atoms with Crippen molar-refractivity contribution in [3.05, 3.63) is 29.8 Å². The van der Waals surface area contributed by atoms with Crippen LogP contribution in [0.25, 0.3) is 0 Å². The van der Waals surface area contributed by atoms with E-state index in [-0.39, 0.29) is 0 Å². The van der Waals surface area contributed by atoms with E-state index in [1.54, 1.807) is 29.2 Å². The van der Waals surface area contributed by atoms with Gasteiger partial charge < -0.3 is 14.4 Å². The summed E-state index contributed by atoms with van der Waals surface area (Å²) in [6.45, 7) is 2.07. The average Bonchev–Trinajstić information content (AvgIpc) is 2.40. The normalized spacial score (nSPS) is 15.4. The Hall–Kier alpha value is -1.88. The van der Waals surface area contributed by atoms with Crippen LogP contribution in [0.1, 0.15) is 10.4 Å². The maximum atomic E-state index is 11.8. The van der Waals surface area contributed by atoms with Crippen molar-refractivity contribution in [2.45, 2.75) is 0 Å². The second kappa shape index (κ2) is 5.45. The van der Waals surface area contributed by atoms with Crippen LogP contribution in [0.15, 0.2) is 24.3 Å². The van der Waals surface area contributed by atoms with E-state index in [0.717, 1.165) is 0 Å². The second-order valence-electron chi connectivity index (χ2n) is 3.62. The van der Waals surface area contributed by atoms with Gasteiger partial charge in [-0.1, -0.05) is 12.1 Å². The molecule has 0 spiro atoms. The highest BCUT2D eigenvalue weighted by molar-refractivity contribution is 5.81. The molecule has 1 aliphatic heterocycles. The Bertz CT molecular complexity index is 413. The zero-order chi connectivity index (χ0) is 12.1. The summed E-state index contributed by atoms with van der Waals surface area (Å²) in [5.74, 6) is 0.291. The van der Waals surface area contributed by atoms with Gasteiger partial charge in [0.25, 0.3) is 0 Å². The van der Waals surface area contributed by atoms with Crippen LogP contribution in [-0.2, 0) is 4.74 Å². The molecule has 0 unspecified atom stereocenters. The summed E-state index contributed by atoms with van der Waals surface area (Å²) in [5, 5.41) is 0. The topological polar surface area (TPSA) is 55.8 Å². The minimum Gasteiger partial charge on any atom is -0.409 e. The molecule has 0 aromatic heterocycles. The number of hydrogen-bond donors (Lipinski definition) is 0. The fourth-order valence-electron chi connectivity index (χ4n) is 1.58. The smallest absolute Gasteiger partial charge is 0.409 e. The second-order valence-corrected chi connectivity index (χ2v) is 3.62. The van der Waals surface area contributed by atoms with E-state index >= 15 is 0 Å². The molecule has 1 heterocycles. The summed E-state index contributed by atoms with van der Waals surface area (Å²) >= 11 is 0. The minimum absolute atomic E-state index is 0.291. The lowest BCUT2D eigenvalue weighted by molar-refractivity contribution is 0.0415. The molecule has 0 bridgehead atoms. The van der Waals surface area contributed by atoms with Gasteiger partial charge in [-0.3, -0.25) is 4.79 Å². The Labute approximate surface area is 98.9 Å². The summed E-state index contributed by atoms with van der Waals surface area (Å²) in [5.41, 5.74) is 0.370. The Morgan fingerprint density at radius 2 is 2.00 bits per heavy atom. The van der Waals surface area contributed by atoms with E-state index in [1.807, 2.05) is 0 Å². The Balaban J connectivity index is 2.04. The number of nitrogens with zero attached hydrogens (tertiary/aromatic N) is 1. The SMILES string of the molecule is O=Cc1ccccc1OC(=O)N1CCOCC1. The largest absolute Gasteiger partial charge is 0.415 e. The monoisotopic (exact) mass is 235 g/mol. The molecule has 0 N–H and O–H groups in total. The lowest BCUT2D eigenvalue weighted by Gasteiger charge is -2.25. The highest BCUT2D eigenvalue weighted by Crippen LogP contribution is 2.17. The maximum Gasteiger partial charge on any atom is 0.415 e. The van der Waals surface area contributed by atoms with E-state index in [2.05, 4.69) is 0 Å². The summed E-state index contributed by atoms with van der Waals surface area (Å²) in [6, 6.07) is 6.64. The molecule has 0 saturated carbocycles. The molecule has 5 heteroatoms. The van der Waals surface area contributed by atoms with Crippen LogP contribution in [0.3, 0.4) is 0 Å². The van der Waals surface area contributed by atoms with Crippen molar-refractivity contribution in [2.24, 2.45) is 0 Å². The van der Waals surface area contributed by atoms with Crippen LogP contribution in [-0.4, -0.2) is 43.6 Å². The Morgan fingerprint density at radius 3 is 2.71 bits per heavy atom. The first-order chi connectivity index (χ1) is 8.31. The van der Waals surface area contributed by atoms with Gasteiger partial charge in [-0.05, 0) is 12.1 Å². The van der Waals surface area contributed by atoms with E-state index in [9.17, 15) is 9.59 Å². The molecule has 1 aromatic rings. The molecule has 17 heavy (non-hydrogen) atoms. The van der Waals surface area contributed by atoms with Gasteiger partial charge in [0.1, 0.15) is 5.75 Å². The number of hydrogen-bond acceptors (Lipinski definition) is 4. The number of para-hydroxylation sites is 1. The first kappa shape index (κ1) is 11.6. The summed E-state index contributed by atoms with van der Waals surface area (Å²) < 4.78 is 10.3. The van der Waals surface area contributed by atoms with Gasteiger partial charge in [0.2, 0.25) is 0 Å². The molecule has 0 atom stereocenters. The number of benzene rings is 1. The summed E-state index contributed by atoms with van der Waals surface area (Å²) in [6.07, 6.45) is 0.227. The fourth-order valence-corrected chi connectivity index (χ4v) is 1.58. The molecule has 0 radical (unpaired) electrons. The molecule has 1 amide bonds. The van der Waals surface area contributed by atoms with Crippen LogP contribution < -0.4 is 4.74 Å². The van der Waals surface area contributed by atoms with Crippen molar-refractivity contribution in [3.63, 3.8) is 0 Å². The first-order valence-electron chi connectivity index (χ1n) is 5.40. The molecule has 1 fully saturated rings. The lowest BCUT2D eigenvalue weighted by atomic mass is 10.2. The minimum atomic E-state index is -0.442. The van der Waals surface area contributed by atoms with Crippen LogP contribution in [0.5, 0.6) is 5.75 Å². The third-order valence-corrected chi connectivity index (χ3v) is 2.51. The van der Waals surface area contributed by atoms with Gasteiger partial charge in [0.05, 0.1) is 18.8 Å². The number of amides is 1. The van der Waals surface area contributed by atoms with Crippen molar-refractivity contribution >= 4 is 12.4 Å². The van der Waals surface area contributed by atoms with E-state index in [4.69, 9.17) is 9.47 Å². The number of rotatable bonds is 2. The molecule has 90 valence electrons. The first-order valence-corrected chi connectivity index (χ1v) is 5.40. The standard InChI is InChI=1S/C12H13NO4/c14-9-10-3-1-2-4-11(10)17-12(15)13-5-7-16-8-6-13/h1-4,9H,5-8H2. The van der Waals surface area contributed by atoms with Gasteiger partial charge in [0, 0.05) is 13.1 Å². The number of aldehydes is 1. The fraction of sp³-hybridized carbons (Fsp3) is 0.333. The number of morpholine rings is 1. The number of carbonyl (C=O) groups is 2. The van der Waals surface area contributed by atoms with Crippen molar-refractivity contribution in [2.75, 3.05) is 26.3 Å². The summed E-state index contributed by atoms with van der Waals surface area (Å²) in [4.78, 5) is 24.1. The van der Waals surface area contributed by atoms with Crippen molar-refractivity contribution in [1.82, 2.24) is 4.90 Å². The number of ether oxygens (including phenoxy) is 2. The number of carbonyl (C=O) groups excluding carboxylic acids is 2. The molecule has 1 aromatic carbocycles. The van der Waals surface area contributed by atoms with E-state index in [1.165, 1.54) is 0 Å². The predicted molar refractivity (Wildman–Crippen MR) is 60.2 cm³/mol. The molecule has 5 nitrogen and oxygen atoms in total.